The summed E-state index contributed by atoms with van der Waals surface area (Å²) in [5, 5.41) is 16.4. The van der Waals surface area contributed by atoms with Gasteiger partial charge in [0.1, 0.15) is 6.04 Å². The largest absolute Gasteiger partial charge is 0.355 e. The molecule has 0 saturated carbocycles. The Labute approximate surface area is 162 Å². The summed E-state index contributed by atoms with van der Waals surface area (Å²) >= 11 is 0. The number of rotatable bonds is 12. The standard InChI is InChI=1S/C19H36N6O2/c1-7-21-19(27)17(13(3)4)24-18(26)14(5)22-11-16(20-6)9-15-10-23-25(8-2)12-15/h10,12-14,16-17,20,22H,7-9,11H2,1-6H3,(H,21,27)(H,24,26)/t14-,16?,17-/m0/s1. The van der Waals surface area contributed by atoms with Gasteiger partial charge in [-0.05, 0) is 45.7 Å². The van der Waals surface area contributed by atoms with E-state index in [4.69, 9.17) is 0 Å². The van der Waals surface area contributed by atoms with Gasteiger partial charge in [0.15, 0.2) is 0 Å². The van der Waals surface area contributed by atoms with E-state index < -0.39 is 12.1 Å². The summed E-state index contributed by atoms with van der Waals surface area (Å²) in [5.41, 5.74) is 1.16. The van der Waals surface area contributed by atoms with Crippen LogP contribution in [-0.2, 0) is 22.6 Å². The minimum atomic E-state index is -0.526. The summed E-state index contributed by atoms with van der Waals surface area (Å²) in [6.45, 7) is 11.6. The van der Waals surface area contributed by atoms with Crippen molar-refractivity contribution in [3.05, 3.63) is 18.0 Å². The maximum Gasteiger partial charge on any atom is 0.242 e. The second-order valence-corrected chi connectivity index (χ2v) is 7.15. The van der Waals surface area contributed by atoms with Gasteiger partial charge in [0.25, 0.3) is 0 Å². The van der Waals surface area contributed by atoms with E-state index in [9.17, 15) is 9.59 Å². The van der Waals surface area contributed by atoms with Crippen LogP contribution < -0.4 is 21.3 Å². The molecule has 1 rings (SSSR count). The average Bonchev–Trinajstić information content (AvgIpc) is 3.09. The third kappa shape index (κ3) is 7.68. The van der Waals surface area contributed by atoms with Gasteiger partial charge in [-0.3, -0.25) is 14.3 Å². The van der Waals surface area contributed by atoms with Crippen molar-refractivity contribution in [3.8, 4) is 0 Å². The Kier molecular flexibility index (Phi) is 10.0. The normalized spacial score (nSPS) is 14.6. The van der Waals surface area contributed by atoms with Gasteiger partial charge in [-0.2, -0.15) is 5.10 Å². The third-order valence-electron chi connectivity index (χ3n) is 4.56. The lowest BCUT2D eigenvalue weighted by Gasteiger charge is -2.25. The zero-order valence-electron chi connectivity index (χ0n) is 17.5. The molecule has 0 aliphatic rings. The van der Waals surface area contributed by atoms with Crippen LogP contribution in [-0.4, -0.2) is 59.9 Å². The maximum absolute atomic E-state index is 12.5. The molecule has 0 aliphatic heterocycles. The second-order valence-electron chi connectivity index (χ2n) is 7.15. The van der Waals surface area contributed by atoms with Crippen molar-refractivity contribution < 1.29 is 9.59 Å². The lowest BCUT2D eigenvalue weighted by atomic mass is 10.0. The number of likely N-dealkylation sites (N-methyl/N-ethyl adjacent to an activating group) is 2. The number of aromatic nitrogens is 2. The maximum atomic E-state index is 12.5. The first kappa shape index (κ1) is 23.1. The Balaban J connectivity index is 2.53. The molecule has 0 radical (unpaired) electrons. The number of amides is 2. The van der Waals surface area contributed by atoms with Gasteiger partial charge in [-0.1, -0.05) is 13.8 Å². The first-order chi connectivity index (χ1) is 12.8. The molecule has 1 heterocycles. The van der Waals surface area contributed by atoms with Gasteiger partial charge >= 0.3 is 0 Å². The molecule has 1 unspecified atom stereocenters. The van der Waals surface area contributed by atoms with Gasteiger partial charge < -0.3 is 21.3 Å². The molecular weight excluding hydrogens is 344 g/mol. The highest BCUT2D eigenvalue weighted by molar-refractivity contribution is 5.89. The molecular formula is C19H36N6O2. The number of hydrogen-bond acceptors (Lipinski definition) is 5. The third-order valence-corrected chi connectivity index (χ3v) is 4.56. The summed E-state index contributed by atoms with van der Waals surface area (Å²) in [7, 11) is 1.91. The molecule has 8 nitrogen and oxygen atoms in total. The monoisotopic (exact) mass is 380 g/mol. The highest BCUT2D eigenvalue weighted by atomic mass is 16.2. The Morgan fingerprint density at radius 1 is 1.19 bits per heavy atom. The van der Waals surface area contributed by atoms with Crippen molar-refractivity contribution in [2.24, 2.45) is 5.92 Å². The SMILES string of the molecule is CCNC(=O)[C@@H](NC(=O)[C@H](C)NCC(Cc1cnn(CC)c1)NC)C(C)C. The second kappa shape index (κ2) is 11.7. The molecule has 1 aromatic rings. The van der Waals surface area contributed by atoms with Crippen LogP contribution in [0.25, 0.3) is 0 Å². The van der Waals surface area contributed by atoms with Gasteiger partial charge in [-0.25, -0.2) is 0 Å². The van der Waals surface area contributed by atoms with Crippen molar-refractivity contribution in [3.63, 3.8) is 0 Å². The summed E-state index contributed by atoms with van der Waals surface area (Å²) in [6, 6.07) is -0.740. The van der Waals surface area contributed by atoms with Crippen LogP contribution >= 0.6 is 0 Å². The van der Waals surface area contributed by atoms with E-state index in [2.05, 4.69) is 33.3 Å². The highest BCUT2D eigenvalue weighted by Gasteiger charge is 2.25. The van der Waals surface area contributed by atoms with E-state index >= 15 is 0 Å². The van der Waals surface area contributed by atoms with Crippen molar-refractivity contribution in [2.45, 2.75) is 65.7 Å². The summed E-state index contributed by atoms with van der Waals surface area (Å²) in [6.07, 6.45) is 4.75. The molecule has 0 aromatic carbocycles. The van der Waals surface area contributed by atoms with Crippen LogP contribution in [0.3, 0.4) is 0 Å². The Hall–Kier alpha value is -1.93. The van der Waals surface area contributed by atoms with Crippen LogP contribution in [0.4, 0.5) is 0 Å². The number of nitrogens with zero attached hydrogens (tertiary/aromatic N) is 2. The molecule has 2 amide bonds. The quantitative estimate of drug-likeness (QED) is 0.418. The molecule has 0 saturated heterocycles. The van der Waals surface area contributed by atoms with E-state index in [-0.39, 0.29) is 23.8 Å². The molecule has 0 aliphatic carbocycles. The topological polar surface area (TPSA) is 100 Å². The number of nitrogens with one attached hydrogen (secondary N) is 4. The van der Waals surface area contributed by atoms with Crippen LogP contribution in [0, 0.1) is 5.92 Å². The minimum Gasteiger partial charge on any atom is -0.355 e. The first-order valence-electron chi connectivity index (χ1n) is 9.82. The van der Waals surface area contributed by atoms with Gasteiger partial charge in [0.05, 0.1) is 12.2 Å². The number of carbonyl (C=O) groups excluding carboxylic acids is 2. The molecule has 27 heavy (non-hydrogen) atoms. The van der Waals surface area contributed by atoms with E-state index in [0.29, 0.717) is 13.1 Å². The van der Waals surface area contributed by atoms with Crippen LogP contribution in [0.15, 0.2) is 12.4 Å². The van der Waals surface area contributed by atoms with Crippen LogP contribution in [0.5, 0.6) is 0 Å². The van der Waals surface area contributed by atoms with Crippen molar-refractivity contribution >= 4 is 11.8 Å². The summed E-state index contributed by atoms with van der Waals surface area (Å²) in [4.78, 5) is 24.6. The predicted molar refractivity (Wildman–Crippen MR) is 107 cm³/mol. The van der Waals surface area contributed by atoms with E-state index in [1.165, 1.54) is 0 Å². The van der Waals surface area contributed by atoms with Crippen molar-refractivity contribution in [1.29, 1.82) is 0 Å². The van der Waals surface area contributed by atoms with Gasteiger partial charge in [0.2, 0.25) is 11.8 Å². The number of hydrogen-bond donors (Lipinski definition) is 4. The Morgan fingerprint density at radius 3 is 2.41 bits per heavy atom. The lowest BCUT2D eigenvalue weighted by molar-refractivity contribution is -0.130. The molecule has 3 atom stereocenters. The fourth-order valence-electron chi connectivity index (χ4n) is 2.75. The molecule has 0 spiro atoms. The lowest BCUT2D eigenvalue weighted by Crippen LogP contribution is -2.55. The number of carbonyl (C=O) groups is 2. The van der Waals surface area contributed by atoms with Crippen molar-refractivity contribution in [2.75, 3.05) is 20.1 Å². The first-order valence-corrected chi connectivity index (χ1v) is 9.82. The molecule has 0 bridgehead atoms. The molecule has 4 N–H and O–H groups in total. The average molecular weight is 381 g/mol. The molecule has 0 fully saturated rings. The fourth-order valence-corrected chi connectivity index (χ4v) is 2.75. The summed E-state index contributed by atoms with van der Waals surface area (Å²) < 4.78 is 1.90. The Morgan fingerprint density at radius 2 is 1.89 bits per heavy atom. The highest BCUT2D eigenvalue weighted by Crippen LogP contribution is 2.04. The molecule has 8 heteroatoms. The number of aryl methyl sites for hydroxylation is 1. The smallest absolute Gasteiger partial charge is 0.242 e. The molecule has 1 aromatic heterocycles. The summed E-state index contributed by atoms with van der Waals surface area (Å²) in [5.74, 6) is -0.296. The van der Waals surface area contributed by atoms with Crippen LogP contribution in [0.1, 0.15) is 40.2 Å². The van der Waals surface area contributed by atoms with Crippen LogP contribution in [0.2, 0.25) is 0 Å². The van der Waals surface area contributed by atoms with E-state index in [1.54, 1.807) is 0 Å². The zero-order valence-corrected chi connectivity index (χ0v) is 17.5. The fraction of sp³-hybridized carbons (Fsp3) is 0.737. The Bertz CT molecular complexity index is 587. The van der Waals surface area contributed by atoms with Gasteiger partial charge in [-0.15, -0.1) is 0 Å². The van der Waals surface area contributed by atoms with E-state index in [1.807, 2.05) is 51.8 Å². The van der Waals surface area contributed by atoms with Crippen molar-refractivity contribution in [1.82, 2.24) is 31.0 Å². The predicted octanol–water partition coefficient (Wildman–Crippen LogP) is 0.289. The van der Waals surface area contributed by atoms with Gasteiger partial charge in [0, 0.05) is 31.9 Å². The van der Waals surface area contributed by atoms with E-state index in [0.717, 1.165) is 18.5 Å². The zero-order chi connectivity index (χ0) is 20.4. The molecule has 154 valence electrons. The minimum absolute atomic E-state index is 0.0212.